The molecular weight excluding hydrogens is 262 g/mol. The highest BCUT2D eigenvalue weighted by molar-refractivity contribution is 7.89. The predicted molar refractivity (Wildman–Crippen MR) is 64.8 cm³/mol. The van der Waals surface area contributed by atoms with Crippen LogP contribution in [-0.4, -0.2) is 30.2 Å². The van der Waals surface area contributed by atoms with Gasteiger partial charge in [-0.25, -0.2) is 13.1 Å². The Kier molecular flexibility index (Phi) is 4.56. The first-order valence-electron chi connectivity index (χ1n) is 5.18. The van der Waals surface area contributed by atoms with Crippen LogP contribution in [0.5, 0.6) is 0 Å². The van der Waals surface area contributed by atoms with Crippen LogP contribution >= 0.6 is 0 Å². The number of rotatable bonds is 6. The molecule has 0 atom stereocenters. The van der Waals surface area contributed by atoms with Gasteiger partial charge in [-0.15, -0.1) is 0 Å². The molecule has 9 heteroatoms. The third-order valence-electron chi connectivity index (χ3n) is 2.23. The zero-order valence-electron chi connectivity index (χ0n) is 9.70. The molecule has 0 aliphatic heterocycles. The Labute approximate surface area is 103 Å². The van der Waals surface area contributed by atoms with Crippen molar-refractivity contribution in [1.82, 2.24) is 9.29 Å². The number of nitrogens with zero attached hydrogens (tertiary/aromatic N) is 2. The maximum absolute atomic E-state index is 11.4. The fourth-order valence-corrected chi connectivity index (χ4v) is 1.83. The van der Waals surface area contributed by atoms with E-state index in [0.717, 1.165) is 22.9 Å². The summed E-state index contributed by atoms with van der Waals surface area (Å²) in [6.45, 7) is 1.54. The van der Waals surface area contributed by atoms with Gasteiger partial charge in [0.1, 0.15) is 0 Å². The molecule has 8 nitrogen and oxygen atoms in total. The first-order valence-corrected chi connectivity index (χ1v) is 6.83. The van der Waals surface area contributed by atoms with Gasteiger partial charge in [-0.3, -0.25) is 14.9 Å². The molecule has 0 spiro atoms. The molecule has 0 bridgehead atoms. The molecule has 0 aliphatic carbocycles. The zero-order valence-corrected chi connectivity index (χ0v) is 10.5. The molecule has 0 fully saturated rings. The van der Waals surface area contributed by atoms with Crippen molar-refractivity contribution in [2.75, 3.05) is 12.3 Å². The quantitative estimate of drug-likeness (QED) is 0.565. The van der Waals surface area contributed by atoms with Crippen molar-refractivity contribution in [1.29, 1.82) is 0 Å². The van der Waals surface area contributed by atoms with Crippen LogP contribution in [0.2, 0.25) is 0 Å². The van der Waals surface area contributed by atoms with Crippen LogP contribution in [0.4, 0.5) is 5.69 Å². The van der Waals surface area contributed by atoms with Gasteiger partial charge in [0, 0.05) is 25.2 Å². The Morgan fingerprint density at radius 2 is 2.11 bits per heavy atom. The predicted octanol–water partition coefficient (Wildman–Crippen LogP) is -0.304. The molecular formula is C9H13N3O5S. The number of nitrogens with one attached hydrogen (secondary N) is 1. The Morgan fingerprint density at radius 1 is 1.44 bits per heavy atom. The summed E-state index contributed by atoms with van der Waals surface area (Å²) in [6, 6.07) is 2.18. The number of pyridine rings is 1. The Balaban J connectivity index is 2.76. The molecule has 100 valence electrons. The van der Waals surface area contributed by atoms with Crippen LogP contribution < -0.4 is 10.3 Å². The highest BCUT2D eigenvalue weighted by Crippen LogP contribution is 2.05. The Hall–Kier alpha value is -1.74. The molecule has 1 aromatic heterocycles. The van der Waals surface area contributed by atoms with Crippen molar-refractivity contribution in [2.24, 2.45) is 0 Å². The molecule has 0 aromatic carbocycles. The van der Waals surface area contributed by atoms with Crippen molar-refractivity contribution in [3.05, 3.63) is 38.8 Å². The van der Waals surface area contributed by atoms with Crippen LogP contribution in [0.15, 0.2) is 23.1 Å². The maximum atomic E-state index is 11.4. The van der Waals surface area contributed by atoms with Crippen LogP contribution in [0.1, 0.15) is 6.92 Å². The molecule has 0 aliphatic rings. The Bertz CT molecular complexity index is 592. The van der Waals surface area contributed by atoms with Crippen molar-refractivity contribution < 1.29 is 13.3 Å². The van der Waals surface area contributed by atoms with Crippen LogP contribution in [0.3, 0.4) is 0 Å². The largest absolute Gasteiger partial charge is 0.308 e. The lowest BCUT2D eigenvalue weighted by molar-refractivity contribution is -0.385. The van der Waals surface area contributed by atoms with E-state index in [-0.39, 0.29) is 24.5 Å². The number of hydrogen-bond acceptors (Lipinski definition) is 5. The van der Waals surface area contributed by atoms with E-state index in [9.17, 15) is 23.3 Å². The fraction of sp³-hybridized carbons (Fsp3) is 0.444. The normalized spacial score (nSPS) is 11.4. The number of hydrogen-bond donors (Lipinski definition) is 1. The molecule has 0 saturated carbocycles. The SMILES string of the molecule is CCS(=O)(=O)NCCn1cc([N+](=O)[O-])ccc1=O. The third-order valence-corrected chi connectivity index (χ3v) is 3.64. The van der Waals surface area contributed by atoms with E-state index >= 15 is 0 Å². The van der Waals surface area contributed by atoms with E-state index in [0.29, 0.717) is 0 Å². The average Bonchev–Trinajstić information content (AvgIpc) is 2.31. The van der Waals surface area contributed by atoms with Crippen LogP contribution in [0.25, 0.3) is 0 Å². The van der Waals surface area contributed by atoms with Gasteiger partial charge in [0.25, 0.3) is 11.2 Å². The van der Waals surface area contributed by atoms with E-state index in [2.05, 4.69) is 4.72 Å². The monoisotopic (exact) mass is 275 g/mol. The minimum Gasteiger partial charge on any atom is -0.308 e. The number of aromatic nitrogens is 1. The first-order chi connectivity index (χ1) is 8.35. The highest BCUT2D eigenvalue weighted by atomic mass is 32.2. The summed E-state index contributed by atoms with van der Waals surface area (Å²) in [6.07, 6.45) is 1.09. The lowest BCUT2D eigenvalue weighted by Crippen LogP contribution is -2.31. The van der Waals surface area contributed by atoms with Gasteiger partial charge in [0.05, 0.1) is 16.9 Å². The first kappa shape index (κ1) is 14.3. The van der Waals surface area contributed by atoms with E-state index in [1.165, 1.54) is 6.92 Å². The van der Waals surface area contributed by atoms with Crippen molar-refractivity contribution in [2.45, 2.75) is 13.5 Å². The zero-order chi connectivity index (χ0) is 13.8. The van der Waals surface area contributed by atoms with E-state index in [4.69, 9.17) is 0 Å². The summed E-state index contributed by atoms with van der Waals surface area (Å²) < 4.78 is 25.7. The lowest BCUT2D eigenvalue weighted by atomic mass is 10.4. The molecule has 1 aromatic rings. The molecule has 0 saturated heterocycles. The summed E-state index contributed by atoms with van der Waals surface area (Å²) >= 11 is 0. The van der Waals surface area contributed by atoms with Crippen molar-refractivity contribution in [3.8, 4) is 0 Å². The molecule has 18 heavy (non-hydrogen) atoms. The lowest BCUT2D eigenvalue weighted by Gasteiger charge is -2.06. The molecule has 1 rings (SSSR count). The highest BCUT2D eigenvalue weighted by Gasteiger charge is 2.09. The van der Waals surface area contributed by atoms with Crippen molar-refractivity contribution in [3.63, 3.8) is 0 Å². The standard InChI is InChI=1S/C9H13N3O5S/c1-2-18(16,17)10-5-6-11-7-8(12(14)15)3-4-9(11)13/h3-4,7,10H,2,5-6H2,1H3. The molecule has 0 unspecified atom stereocenters. The topological polar surface area (TPSA) is 111 Å². The third kappa shape index (κ3) is 3.93. The number of nitro groups is 1. The second-order valence-corrected chi connectivity index (χ2v) is 5.57. The molecule has 1 N–H and O–H groups in total. The fourth-order valence-electron chi connectivity index (χ4n) is 1.23. The van der Waals surface area contributed by atoms with Crippen LogP contribution in [0, 0.1) is 10.1 Å². The van der Waals surface area contributed by atoms with Gasteiger partial charge in [-0.05, 0) is 6.92 Å². The number of sulfonamides is 1. The van der Waals surface area contributed by atoms with Gasteiger partial charge >= 0.3 is 0 Å². The molecule has 0 amide bonds. The summed E-state index contributed by atoms with van der Waals surface area (Å²) in [4.78, 5) is 21.3. The van der Waals surface area contributed by atoms with Gasteiger partial charge < -0.3 is 4.57 Å². The van der Waals surface area contributed by atoms with Gasteiger partial charge in [0.2, 0.25) is 10.0 Å². The molecule has 0 radical (unpaired) electrons. The average molecular weight is 275 g/mol. The van der Waals surface area contributed by atoms with E-state index in [1.807, 2.05) is 0 Å². The smallest absolute Gasteiger partial charge is 0.285 e. The van der Waals surface area contributed by atoms with Gasteiger partial charge in [-0.1, -0.05) is 0 Å². The minimum absolute atomic E-state index is 0.0112. The van der Waals surface area contributed by atoms with E-state index in [1.54, 1.807) is 0 Å². The second kappa shape index (κ2) is 5.74. The van der Waals surface area contributed by atoms with Crippen LogP contribution in [-0.2, 0) is 16.6 Å². The van der Waals surface area contributed by atoms with E-state index < -0.39 is 20.5 Å². The van der Waals surface area contributed by atoms with Crippen molar-refractivity contribution >= 4 is 15.7 Å². The summed E-state index contributed by atoms with van der Waals surface area (Å²) in [5, 5.41) is 10.5. The van der Waals surface area contributed by atoms with Gasteiger partial charge in [-0.2, -0.15) is 0 Å². The Morgan fingerprint density at radius 3 is 2.67 bits per heavy atom. The minimum atomic E-state index is -3.33. The summed E-state index contributed by atoms with van der Waals surface area (Å²) in [7, 11) is -3.33. The molecule has 1 heterocycles. The van der Waals surface area contributed by atoms with Gasteiger partial charge in [0.15, 0.2) is 0 Å². The maximum Gasteiger partial charge on any atom is 0.285 e. The summed E-state index contributed by atoms with van der Waals surface area (Å²) in [5.74, 6) is -0.0587. The summed E-state index contributed by atoms with van der Waals surface area (Å²) in [5.41, 5.74) is -0.635. The second-order valence-electron chi connectivity index (χ2n) is 3.47.